The number of anilines is 2. The standard InChI is InChI=1S/C14H19BrN2O/c1-8-4-9(2)14(10(3)13(8)16)17-7-11(6-15)5-12(17)18/h4,11H,5-7,16H2,1-3H3. The molecule has 0 saturated carbocycles. The third-order valence-corrected chi connectivity index (χ3v) is 4.60. The van der Waals surface area contributed by atoms with Gasteiger partial charge in [0.2, 0.25) is 5.91 Å². The maximum Gasteiger partial charge on any atom is 0.227 e. The highest BCUT2D eigenvalue weighted by Gasteiger charge is 2.31. The highest BCUT2D eigenvalue weighted by atomic mass is 79.9. The van der Waals surface area contributed by atoms with E-state index in [-0.39, 0.29) is 5.91 Å². The van der Waals surface area contributed by atoms with Crippen molar-refractivity contribution in [3.05, 3.63) is 22.8 Å². The number of hydrogen-bond donors (Lipinski definition) is 1. The molecule has 1 aromatic rings. The molecule has 1 amide bonds. The smallest absolute Gasteiger partial charge is 0.227 e. The molecule has 1 unspecified atom stereocenters. The number of carbonyl (C=O) groups excluding carboxylic acids is 1. The van der Waals surface area contributed by atoms with Crippen LogP contribution in [0.4, 0.5) is 11.4 Å². The number of aryl methyl sites for hydroxylation is 2. The number of alkyl halides is 1. The Kier molecular flexibility index (Phi) is 3.66. The van der Waals surface area contributed by atoms with Crippen molar-refractivity contribution in [3.8, 4) is 0 Å². The summed E-state index contributed by atoms with van der Waals surface area (Å²) in [5.74, 6) is 0.604. The average Bonchev–Trinajstić information content (AvgIpc) is 2.68. The van der Waals surface area contributed by atoms with E-state index in [9.17, 15) is 4.79 Å². The van der Waals surface area contributed by atoms with E-state index in [1.54, 1.807) is 0 Å². The van der Waals surface area contributed by atoms with E-state index in [4.69, 9.17) is 5.73 Å². The number of carbonyl (C=O) groups is 1. The molecule has 0 bridgehead atoms. The van der Waals surface area contributed by atoms with Gasteiger partial charge in [-0.25, -0.2) is 0 Å². The minimum atomic E-state index is 0.203. The van der Waals surface area contributed by atoms with Crippen molar-refractivity contribution < 1.29 is 4.79 Å². The predicted molar refractivity (Wildman–Crippen MR) is 79.3 cm³/mol. The highest BCUT2D eigenvalue weighted by molar-refractivity contribution is 9.09. The Bertz CT molecular complexity index is 499. The van der Waals surface area contributed by atoms with Crippen LogP contribution in [0.15, 0.2) is 6.07 Å². The van der Waals surface area contributed by atoms with Crippen LogP contribution < -0.4 is 10.6 Å². The number of nitrogens with zero attached hydrogens (tertiary/aromatic N) is 1. The third-order valence-electron chi connectivity index (χ3n) is 3.68. The monoisotopic (exact) mass is 310 g/mol. The molecule has 1 aliphatic heterocycles. The van der Waals surface area contributed by atoms with Gasteiger partial charge in [0.25, 0.3) is 0 Å². The molecule has 1 atom stereocenters. The van der Waals surface area contributed by atoms with E-state index in [1.807, 2.05) is 25.7 Å². The van der Waals surface area contributed by atoms with Crippen LogP contribution in [-0.2, 0) is 4.79 Å². The van der Waals surface area contributed by atoms with Crippen molar-refractivity contribution >= 4 is 33.2 Å². The first-order chi connectivity index (χ1) is 8.45. The van der Waals surface area contributed by atoms with Gasteiger partial charge < -0.3 is 10.6 Å². The summed E-state index contributed by atoms with van der Waals surface area (Å²) in [4.78, 5) is 14.0. The number of amides is 1. The molecule has 4 heteroatoms. The predicted octanol–water partition coefficient (Wildman–Crippen LogP) is 2.94. The lowest BCUT2D eigenvalue weighted by molar-refractivity contribution is -0.117. The summed E-state index contributed by atoms with van der Waals surface area (Å²) < 4.78 is 0. The molecule has 1 heterocycles. The molecular formula is C14H19BrN2O. The second-order valence-corrected chi connectivity index (χ2v) is 5.77. The normalized spacial score (nSPS) is 19.7. The fraction of sp³-hybridized carbons (Fsp3) is 0.500. The van der Waals surface area contributed by atoms with E-state index in [1.165, 1.54) is 0 Å². The molecule has 3 nitrogen and oxygen atoms in total. The number of halogens is 1. The summed E-state index contributed by atoms with van der Waals surface area (Å²) in [6.07, 6.45) is 0.623. The Hall–Kier alpha value is -1.03. The number of nitrogen functional groups attached to an aromatic ring is 1. The van der Waals surface area contributed by atoms with E-state index in [2.05, 4.69) is 22.0 Å². The molecule has 1 aliphatic rings. The number of rotatable bonds is 2. The van der Waals surface area contributed by atoms with Gasteiger partial charge in [0, 0.05) is 24.0 Å². The number of hydrogen-bond acceptors (Lipinski definition) is 2. The molecular weight excluding hydrogens is 292 g/mol. The first-order valence-corrected chi connectivity index (χ1v) is 7.30. The molecule has 0 radical (unpaired) electrons. The Morgan fingerprint density at radius 1 is 1.39 bits per heavy atom. The largest absolute Gasteiger partial charge is 0.398 e. The second-order valence-electron chi connectivity index (χ2n) is 5.13. The first kappa shape index (κ1) is 13.4. The summed E-state index contributed by atoms with van der Waals surface area (Å²) in [6.45, 7) is 6.84. The van der Waals surface area contributed by atoms with E-state index in [0.717, 1.165) is 39.9 Å². The molecule has 1 aromatic carbocycles. The SMILES string of the molecule is Cc1cc(C)c(N2CC(CBr)CC2=O)c(C)c1N. The van der Waals surface area contributed by atoms with Crippen molar-refractivity contribution in [2.75, 3.05) is 22.5 Å². The summed E-state index contributed by atoms with van der Waals surface area (Å²) in [5.41, 5.74) is 11.1. The summed E-state index contributed by atoms with van der Waals surface area (Å²) >= 11 is 3.46. The van der Waals surface area contributed by atoms with Gasteiger partial charge in [-0.1, -0.05) is 22.0 Å². The van der Waals surface area contributed by atoms with Gasteiger partial charge in [-0.2, -0.15) is 0 Å². The van der Waals surface area contributed by atoms with Crippen LogP contribution in [0.2, 0.25) is 0 Å². The van der Waals surface area contributed by atoms with Gasteiger partial charge in [0.1, 0.15) is 0 Å². The summed E-state index contributed by atoms with van der Waals surface area (Å²) in [7, 11) is 0. The molecule has 1 saturated heterocycles. The van der Waals surface area contributed by atoms with Gasteiger partial charge >= 0.3 is 0 Å². The maximum absolute atomic E-state index is 12.1. The van der Waals surface area contributed by atoms with Gasteiger partial charge in [-0.05, 0) is 43.4 Å². The lowest BCUT2D eigenvalue weighted by atomic mass is 10.0. The van der Waals surface area contributed by atoms with E-state index < -0.39 is 0 Å². The van der Waals surface area contributed by atoms with Crippen molar-refractivity contribution in [1.82, 2.24) is 0 Å². The number of nitrogens with two attached hydrogens (primary N) is 1. The highest BCUT2D eigenvalue weighted by Crippen LogP contribution is 2.35. The fourth-order valence-electron chi connectivity index (χ4n) is 2.71. The van der Waals surface area contributed by atoms with Gasteiger partial charge in [-0.3, -0.25) is 4.79 Å². The lowest BCUT2D eigenvalue weighted by Crippen LogP contribution is -2.26. The Morgan fingerprint density at radius 2 is 2.06 bits per heavy atom. The Labute approximate surface area is 116 Å². The lowest BCUT2D eigenvalue weighted by Gasteiger charge is -2.23. The van der Waals surface area contributed by atoms with Crippen molar-refractivity contribution in [2.45, 2.75) is 27.2 Å². The number of benzene rings is 1. The minimum absolute atomic E-state index is 0.203. The van der Waals surface area contributed by atoms with E-state index in [0.29, 0.717) is 12.3 Å². The van der Waals surface area contributed by atoms with Gasteiger partial charge in [0.15, 0.2) is 0 Å². The van der Waals surface area contributed by atoms with Crippen molar-refractivity contribution in [1.29, 1.82) is 0 Å². The van der Waals surface area contributed by atoms with Crippen LogP contribution in [-0.4, -0.2) is 17.8 Å². The molecule has 0 aromatic heterocycles. The zero-order valence-electron chi connectivity index (χ0n) is 11.1. The van der Waals surface area contributed by atoms with Crippen molar-refractivity contribution in [3.63, 3.8) is 0 Å². The van der Waals surface area contributed by atoms with Crippen LogP contribution in [0.5, 0.6) is 0 Å². The summed E-state index contributed by atoms with van der Waals surface area (Å²) in [6, 6.07) is 2.06. The average molecular weight is 311 g/mol. The van der Waals surface area contributed by atoms with Gasteiger partial charge in [-0.15, -0.1) is 0 Å². The maximum atomic E-state index is 12.1. The van der Waals surface area contributed by atoms with Crippen LogP contribution in [0.25, 0.3) is 0 Å². The molecule has 2 rings (SSSR count). The Morgan fingerprint density at radius 3 is 2.61 bits per heavy atom. The van der Waals surface area contributed by atoms with E-state index >= 15 is 0 Å². The van der Waals surface area contributed by atoms with Gasteiger partial charge in [0.05, 0.1) is 5.69 Å². The van der Waals surface area contributed by atoms with Crippen molar-refractivity contribution in [2.24, 2.45) is 5.92 Å². The Balaban J connectivity index is 2.46. The molecule has 18 heavy (non-hydrogen) atoms. The zero-order valence-corrected chi connectivity index (χ0v) is 12.7. The van der Waals surface area contributed by atoms with Crippen LogP contribution in [0, 0.1) is 26.7 Å². The second kappa shape index (κ2) is 4.92. The van der Waals surface area contributed by atoms with Crippen LogP contribution in [0.1, 0.15) is 23.1 Å². The zero-order chi connectivity index (χ0) is 13.4. The quantitative estimate of drug-likeness (QED) is 0.674. The molecule has 0 spiro atoms. The van der Waals surface area contributed by atoms with Crippen LogP contribution >= 0.6 is 15.9 Å². The fourth-order valence-corrected chi connectivity index (χ4v) is 3.14. The molecule has 2 N–H and O–H groups in total. The van der Waals surface area contributed by atoms with Crippen LogP contribution in [0.3, 0.4) is 0 Å². The topological polar surface area (TPSA) is 46.3 Å². The molecule has 98 valence electrons. The summed E-state index contributed by atoms with van der Waals surface area (Å²) in [5, 5.41) is 0.870. The first-order valence-electron chi connectivity index (χ1n) is 6.18. The minimum Gasteiger partial charge on any atom is -0.398 e. The molecule has 1 fully saturated rings. The third kappa shape index (κ3) is 2.14. The molecule has 0 aliphatic carbocycles.